The predicted octanol–water partition coefficient (Wildman–Crippen LogP) is 6.80. The molecule has 9 nitrogen and oxygen atoms in total. The van der Waals surface area contributed by atoms with Crippen LogP contribution >= 0.6 is 11.8 Å². The minimum Gasteiger partial charge on any atom is -0.457 e. The van der Waals surface area contributed by atoms with E-state index in [0.29, 0.717) is 27.5 Å². The molecule has 0 N–H and O–H groups in total. The van der Waals surface area contributed by atoms with E-state index >= 15 is 0 Å². The van der Waals surface area contributed by atoms with E-state index in [-0.39, 0.29) is 18.0 Å². The number of nitro benzene ring substituents is 2. The van der Waals surface area contributed by atoms with E-state index in [2.05, 4.69) is 0 Å². The van der Waals surface area contributed by atoms with Crippen molar-refractivity contribution >= 4 is 29.1 Å². The lowest BCUT2D eigenvalue weighted by molar-refractivity contribution is -0.385. The van der Waals surface area contributed by atoms with Crippen LogP contribution in [0.3, 0.4) is 0 Å². The third-order valence-corrected chi connectivity index (χ3v) is 6.02. The van der Waals surface area contributed by atoms with Crippen LogP contribution in [0.5, 0.6) is 11.5 Å². The summed E-state index contributed by atoms with van der Waals surface area (Å²) in [5.41, 5.74) is 1.03. The second kappa shape index (κ2) is 11.2. The fourth-order valence-corrected chi connectivity index (χ4v) is 4.12. The lowest BCUT2D eigenvalue weighted by atomic mass is 10.2. The Morgan fingerprint density at radius 2 is 1.39 bits per heavy atom. The normalized spacial score (nSPS) is 10.4. The van der Waals surface area contributed by atoms with Crippen LogP contribution in [0.1, 0.15) is 15.9 Å². The lowest BCUT2D eigenvalue weighted by Crippen LogP contribution is -2.06. The topological polar surface area (TPSA) is 122 Å². The van der Waals surface area contributed by atoms with Crippen LogP contribution in [0.4, 0.5) is 11.4 Å². The number of non-ortho nitro benzene ring substituents is 2. The van der Waals surface area contributed by atoms with Crippen molar-refractivity contribution in [3.05, 3.63) is 128 Å². The van der Waals surface area contributed by atoms with E-state index in [1.54, 1.807) is 60.7 Å². The molecule has 4 aromatic carbocycles. The van der Waals surface area contributed by atoms with Gasteiger partial charge in [0.2, 0.25) is 0 Å². The molecule has 4 aromatic rings. The summed E-state index contributed by atoms with van der Waals surface area (Å²) in [6.07, 6.45) is 0. The van der Waals surface area contributed by atoms with Gasteiger partial charge in [0, 0.05) is 34.1 Å². The molecule has 0 aliphatic rings. The van der Waals surface area contributed by atoms with E-state index in [4.69, 9.17) is 9.47 Å². The predicted molar refractivity (Wildman–Crippen MR) is 132 cm³/mol. The van der Waals surface area contributed by atoms with E-state index in [1.165, 1.54) is 48.2 Å². The first-order chi connectivity index (χ1) is 17.4. The van der Waals surface area contributed by atoms with Gasteiger partial charge in [-0.3, -0.25) is 20.2 Å². The second-order valence-electron chi connectivity index (χ2n) is 7.43. The third kappa shape index (κ3) is 6.24. The van der Waals surface area contributed by atoms with Crippen LogP contribution < -0.4 is 4.74 Å². The van der Waals surface area contributed by atoms with Gasteiger partial charge < -0.3 is 9.47 Å². The summed E-state index contributed by atoms with van der Waals surface area (Å²) in [6.45, 7) is 0.00677. The Morgan fingerprint density at radius 3 is 2.06 bits per heavy atom. The molecule has 0 saturated heterocycles. The molecule has 0 atom stereocenters. The fourth-order valence-electron chi connectivity index (χ4n) is 3.18. The summed E-state index contributed by atoms with van der Waals surface area (Å²) in [5, 5.41) is 21.6. The molecule has 0 aliphatic carbocycles. The number of carbonyl (C=O) groups excluding carboxylic acids is 1. The van der Waals surface area contributed by atoms with Crippen molar-refractivity contribution in [3.63, 3.8) is 0 Å². The highest BCUT2D eigenvalue weighted by Gasteiger charge is 2.15. The number of ether oxygens (including phenoxy) is 2. The zero-order chi connectivity index (χ0) is 25.5. The summed E-state index contributed by atoms with van der Waals surface area (Å²) in [6, 6.07) is 25.7. The van der Waals surface area contributed by atoms with E-state index in [1.807, 2.05) is 0 Å². The molecular weight excluding hydrogens is 484 g/mol. The van der Waals surface area contributed by atoms with Gasteiger partial charge in [0.25, 0.3) is 11.4 Å². The zero-order valence-electron chi connectivity index (χ0n) is 18.6. The maximum atomic E-state index is 12.8. The smallest absolute Gasteiger partial charge is 0.339 e. The molecule has 4 rings (SSSR count). The van der Waals surface area contributed by atoms with Crippen LogP contribution in [0.2, 0.25) is 0 Å². The number of hydrogen-bond donors (Lipinski definition) is 0. The van der Waals surface area contributed by atoms with E-state index in [9.17, 15) is 25.0 Å². The quantitative estimate of drug-likeness (QED) is 0.139. The molecule has 0 heterocycles. The Bertz CT molecular complexity index is 1410. The van der Waals surface area contributed by atoms with Crippen LogP contribution in [-0.2, 0) is 11.3 Å². The summed E-state index contributed by atoms with van der Waals surface area (Å²) in [5.74, 6) is 0.417. The monoisotopic (exact) mass is 502 g/mol. The second-order valence-corrected chi connectivity index (χ2v) is 8.54. The minimum atomic E-state index is -0.512. The average molecular weight is 503 g/mol. The Labute approximate surface area is 209 Å². The number of nitro groups is 2. The molecule has 0 saturated carbocycles. The molecule has 36 heavy (non-hydrogen) atoms. The van der Waals surface area contributed by atoms with Crippen LogP contribution in [0.25, 0.3) is 0 Å². The molecule has 0 aromatic heterocycles. The molecule has 0 aliphatic heterocycles. The molecule has 0 fully saturated rings. The first-order valence-electron chi connectivity index (χ1n) is 10.6. The highest BCUT2D eigenvalue weighted by atomic mass is 32.2. The van der Waals surface area contributed by atoms with E-state index in [0.717, 1.165) is 4.90 Å². The van der Waals surface area contributed by atoms with Gasteiger partial charge in [0.1, 0.15) is 18.1 Å². The van der Waals surface area contributed by atoms with Gasteiger partial charge in [-0.05, 0) is 54.1 Å². The summed E-state index contributed by atoms with van der Waals surface area (Å²) in [4.78, 5) is 34.9. The van der Waals surface area contributed by atoms with Crippen molar-refractivity contribution in [2.75, 3.05) is 0 Å². The molecule has 0 unspecified atom stereocenters. The molecular formula is C26H18N2O7S. The number of nitrogens with zero attached hydrogens (tertiary/aromatic N) is 2. The molecule has 0 spiro atoms. The van der Waals surface area contributed by atoms with Crippen molar-refractivity contribution in [3.8, 4) is 11.5 Å². The maximum Gasteiger partial charge on any atom is 0.339 e. The highest BCUT2D eigenvalue weighted by molar-refractivity contribution is 7.99. The number of rotatable bonds is 9. The SMILES string of the molecule is O=C(OCc1cccc(Oc2ccc([N+](=O)[O-])cc2)c1)c1ccccc1Sc1ccc([N+](=O)[O-])cc1. The lowest BCUT2D eigenvalue weighted by Gasteiger charge is -2.11. The summed E-state index contributed by atoms with van der Waals surface area (Å²) < 4.78 is 11.3. The maximum absolute atomic E-state index is 12.8. The molecule has 0 bridgehead atoms. The van der Waals surface area contributed by atoms with Crippen LogP contribution in [0.15, 0.2) is 107 Å². The van der Waals surface area contributed by atoms with Gasteiger partial charge in [-0.25, -0.2) is 4.79 Å². The fraction of sp³-hybridized carbons (Fsp3) is 0.0385. The van der Waals surface area contributed by atoms with Gasteiger partial charge in [-0.1, -0.05) is 36.0 Å². The van der Waals surface area contributed by atoms with Crippen molar-refractivity contribution < 1.29 is 24.1 Å². The zero-order valence-corrected chi connectivity index (χ0v) is 19.4. The van der Waals surface area contributed by atoms with E-state index < -0.39 is 15.8 Å². The van der Waals surface area contributed by atoms with Crippen molar-refractivity contribution in [1.82, 2.24) is 0 Å². The first-order valence-corrected chi connectivity index (χ1v) is 11.4. The first kappa shape index (κ1) is 24.4. The minimum absolute atomic E-state index is 0.00677. The molecule has 0 radical (unpaired) electrons. The largest absolute Gasteiger partial charge is 0.457 e. The summed E-state index contributed by atoms with van der Waals surface area (Å²) >= 11 is 1.31. The van der Waals surface area contributed by atoms with Crippen molar-refractivity contribution in [1.29, 1.82) is 0 Å². The van der Waals surface area contributed by atoms with Gasteiger partial charge >= 0.3 is 5.97 Å². The Hall–Kier alpha value is -4.70. The Morgan fingerprint density at radius 1 is 0.750 bits per heavy atom. The van der Waals surface area contributed by atoms with Crippen LogP contribution in [0, 0.1) is 20.2 Å². The Balaban J connectivity index is 1.40. The number of carbonyl (C=O) groups is 1. The summed E-state index contributed by atoms with van der Waals surface area (Å²) in [7, 11) is 0. The number of hydrogen-bond acceptors (Lipinski definition) is 8. The van der Waals surface area contributed by atoms with Crippen LogP contribution in [-0.4, -0.2) is 15.8 Å². The van der Waals surface area contributed by atoms with Gasteiger partial charge in [-0.15, -0.1) is 0 Å². The van der Waals surface area contributed by atoms with Gasteiger partial charge in [0.05, 0.1) is 15.4 Å². The molecule has 180 valence electrons. The van der Waals surface area contributed by atoms with Gasteiger partial charge in [-0.2, -0.15) is 0 Å². The van der Waals surface area contributed by atoms with Gasteiger partial charge in [0.15, 0.2) is 0 Å². The Kier molecular flexibility index (Phi) is 7.57. The van der Waals surface area contributed by atoms with Crippen molar-refractivity contribution in [2.45, 2.75) is 16.4 Å². The average Bonchev–Trinajstić information content (AvgIpc) is 2.88. The highest BCUT2D eigenvalue weighted by Crippen LogP contribution is 2.32. The van der Waals surface area contributed by atoms with Crippen molar-refractivity contribution in [2.24, 2.45) is 0 Å². The standard InChI is InChI=1S/C26H18N2O7S/c29-26(24-6-1-2-7-25(24)36-23-14-10-20(11-15-23)28(32)33)34-17-18-4-3-5-22(16-18)35-21-12-8-19(9-13-21)27(30)31/h1-16H,17H2. The third-order valence-electron chi connectivity index (χ3n) is 4.93. The number of benzene rings is 4. The molecule has 10 heteroatoms. The number of esters is 1. The molecule has 0 amide bonds.